The molecule has 0 saturated heterocycles. The molecule has 1 atom stereocenters. The predicted molar refractivity (Wildman–Crippen MR) is 80.4 cm³/mol. The Morgan fingerprint density at radius 1 is 0.882 bits per heavy atom. The maximum Gasteiger partial charge on any atom is -0.0443 e. The van der Waals surface area contributed by atoms with Crippen molar-refractivity contribution >= 4 is 0 Å². The number of rotatable bonds is 4. The molecule has 1 unspecified atom stereocenters. The Balaban J connectivity index is 0.000000302. The zero-order valence-electron chi connectivity index (χ0n) is 13.1. The second-order valence-corrected chi connectivity index (χ2v) is 6.58. The first kappa shape index (κ1) is 17.0. The van der Waals surface area contributed by atoms with Crippen molar-refractivity contribution in [3.05, 3.63) is 0 Å². The van der Waals surface area contributed by atoms with Gasteiger partial charge < -0.3 is 0 Å². The van der Waals surface area contributed by atoms with Gasteiger partial charge in [-0.1, -0.05) is 92.4 Å². The van der Waals surface area contributed by atoms with Crippen LogP contribution in [0, 0.1) is 17.8 Å². The molecule has 0 aromatic carbocycles. The molecular formula is C17H36. The van der Waals surface area contributed by atoms with Crippen LogP contribution in [0.1, 0.15) is 92.4 Å². The summed E-state index contributed by atoms with van der Waals surface area (Å²) in [7, 11) is 0. The third-order valence-electron chi connectivity index (χ3n) is 4.08. The second kappa shape index (κ2) is 11.1. The first-order valence-corrected chi connectivity index (χ1v) is 8.06. The van der Waals surface area contributed by atoms with Gasteiger partial charge in [0, 0.05) is 0 Å². The molecule has 0 aliphatic heterocycles. The van der Waals surface area contributed by atoms with Gasteiger partial charge in [0.25, 0.3) is 0 Å². The van der Waals surface area contributed by atoms with Crippen LogP contribution in [0.3, 0.4) is 0 Å². The number of hydrogen-bond donors (Lipinski definition) is 0. The molecule has 0 bridgehead atoms. The van der Waals surface area contributed by atoms with Crippen LogP contribution < -0.4 is 0 Å². The van der Waals surface area contributed by atoms with Crippen LogP contribution in [0.25, 0.3) is 0 Å². The highest BCUT2D eigenvalue weighted by molar-refractivity contribution is 4.58. The fourth-order valence-electron chi connectivity index (χ4n) is 2.31. The highest BCUT2D eigenvalue weighted by Crippen LogP contribution is 2.21. The van der Waals surface area contributed by atoms with Crippen LogP contribution >= 0.6 is 0 Å². The Morgan fingerprint density at radius 3 is 1.82 bits per heavy atom. The maximum atomic E-state index is 2.38. The van der Waals surface area contributed by atoms with Crippen molar-refractivity contribution in [2.75, 3.05) is 0 Å². The summed E-state index contributed by atoms with van der Waals surface area (Å²) in [6.45, 7) is 11.6. The van der Waals surface area contributed by atoms with Gasteiger partial charge in [0.05, 0.1) is 0 Å². The van der Waals surface area contributed by atoms with E-state index in [-0.39, 0.29) is 0 Å². The molecule has 0 aromatic rings. The van der Waals surface area contributed by atoms with Crippen LogP contribution in [0.15, 0.2) is 0 Å². The minimum Gasteiger partial charge on any atom is -0.0651 e. The van der Waals surface area contributed by atoms with Gasteiger partial charge in [0.2, 0.25) is 0 Å². The monoisotopic (exact) mass is 240 g/mol. The Bertz CT molecular complexity index is 140. The van der Waals surface area contributed by atoms with E-state index in [1.807, 2.05) is 0 Å². The first-order valence-electron chi connectivity index (χ1n) is 8.06. The molecule has 104 valence electrons. The van der Waals surface area contributed by atoms with Crippen molar-refractivity contribution in [2.45, 2.75) is 92.4 Å². The lowest BCUT2D eigenvalue weighted by atomic mass is 9.98. The van der Waals surface area contributed by atoms with Gasteiger partial charge in [0.15, 0.2) is 0 Å². The normalized spacial score (nSPS) is 19.4. The standard InChI is InChI=1S/C9H20.C8H16/c1-5-9(4)7-6-8(2)3;1-8-6-4-2-3-5-7-8/h8-9H,5-7H2,1-4H3;8H,2-7H2,1H3. The van der Waals surface area contributed by atoms with Gasteiger partial charge in [-0.25, -0.2) is 0 Å². The summed E-state index contributed by atoms with van der Waals surface area (Å²) in [5, 5.41) is 0. The predicted octanol–water partition coefficient (Wildman–Crippen LogP) is 6.45. The molecule has 0 heterocycles. The zero-order chi connectivity index (χ0) is 13.1. The van der Waals surface area contributed by atoms with E-state index in [1.54, 1.807) is 0 Å². The molecule has 1 fully saturated rings. The fourth-order valence-corrected chi connectivity index (χ4v) is 2.31. The van der Waals surface area contributed by atoms with E-state index in [0.29, 0.717) is 0 Å². The lowest BCUT2D eigenvalue weighted by Crippen LogP contribution is -1.95. The smallest absolute Gasteiger partial charge is 0.0443 e. The van der Waals surface area contributed by atoms with Gasteiger partial charge in [-0.3, -0.25) is 0 Å². The van der Waals surface area contributed by atoms with Gasteiger partial charge in [-0.15, -0.1) is 0 Å². The molecule has 1 rings (SSSR count). The molecule has 0 N–H and O–H groups in total. The minimum absolute atomic E-state index is 0.888. The topological polar surface area (TPSA) is 0 Å². The third kappa shape index (κ3) is 12.2. The molecular weight excluding hydrogens is 204 g/mol. The van der Waals surface area contributed by atoms with Crippen molar-refractivity contribution in [2.24, 2.45) is 17.8 Å². The molecule has 0 amide bonds. The highest BCUT2D eigenvalue weighted by atomic mass is 14.1. The first-order chi connectivity index (χ1) is 8.06. The largest absolute Gasteiger partial charge is 0.0651 e. The highest BCUT2D eigenvalue weighted by Gasteiger charge is 2.05. The zero-order valence-corrected chi connectivity index (χ0v) is 13.1. The van der Waals surface area contributed by atoms with Crippen LogP contribution in [0.5, 0.6) is 0 Å². The average Bonchev–Trinajstić information content (AvgIpc) is 2.54. The molecule has 0 spiro atoms. The Morgan fingerprint density at radius 2 is 1.41 bits per heavy atom. The van der Waals surface area contributed by atoms with Crippen molar-refractivity contribution in [1.29, 1.82) is 0 Å². The summed E-state index contributed by atoms with van der Waals surface area (Å²) in [5.74, 6) is 2.85. The molecule has 1 aliphatic rings. The van der Waals surface area contributed by atoms with E-state index in [9.17, 15) is 0 Å². The van der Waals surface area contributed by atoms with E-state index >= 15 is 0 Å². The van der Waals surface area contributed by atoms with Gasteiger partial charge >= 0.3 is 0 Å². The quantitative estimate of drug-likeness (QED) is 0.496. The molecule has 0 heteroatoms. The van der Waals surface area contributed by atoms with Crippen LogP contribution in [-0.4, -0.2) is 0 Å². The maximum absolute atomic E-state index is 2.38. The lowest BCUT2D eigenvalue weighted by molar-refractivity contribution is 0.441. The third-order valence-corrected chi connectivity index (χ3v) is 4.08. The molecule has 0 nitrogen and oxygen atoms in total. The summed E-state index contributed by atoms with van der Waals surface area (Å²) in [6.07, 6.45) is 13.1. The fraction of sp³-hybridized carbons (Fsp3) is 1.00. The second-order valence-electron chi connectivity index (χ2n) is 6.58. The SMILES string of the molecule is CC1CCCCCC1.CCC(C)CCC(C)C. The summed E-state index contributed by atoms with van der Waals surface area (Å²) >= 11 is 0. The van der Waals surface area contributed by atoms with Crippen molar-refractivity contribution in [1.82, 2.24) is 0 Å². The van der Waals surface area contributed by atoms with Crippen molar-refractivity contribution < 1.29 is 0 Å². The summed E-state index contributed by atoms with van der Waals surface area (Å²) in [6, 6.07) is 0. The molecule has 1 aliphatic carbocycles. The summed E-state index contributed by atoms with van der Waals surface area (Å²) in [5.41, 5.74) is 0. The summed E-state index contributed by atoms with van der Waals surface area (Å²) < 4.78 is 0. The van der Waals surface area contributed by atoms with Gasteiger partial charge in [-0.2, -0.15) is 0 Å². The van der Waals surface area contributed by atoms with Gasteiger partial charge in [0.1, 0.15) is 0 Å². The number of hydrogen-bond acceptors (Lipinski definition) is 0. The van der Waals surface area contributed by atoms with E-state index in [2.05, 4.69) is 34.6 Å². The summed E-state index contributed by atoms with van der Waals surface area (Å²) in [4.78, 5) is 0. The van der Waals surface area contributed by atoms with Gasteiger partial charge in [-0.05, 0) is 17.8 Å². The molecule has 17 heavy (non-hydrogen) atoms. The van der Waals surface area contributed by atoms with Crippen molar-refractivity contribution in [3.8, 4) is 0 Å². The Labute approximate surface area is 111 Å². The lowest BCUT2D eigenvalue weighted by Gasteiger charge is -2.09. The van der Waals surface area contributed by atoms with E-state index in [1.165, 1.54) is 57.8 Å². The van der Waals surface area contributed by atoms with Crippen molar-refractivity contribution in [3.63, 3.8) is 0 Å². The molecule has 0 radical (unpaired) electrons. The van der Waals surface area contributed by atoms with Crippen LogP contribution in [0.2, 0.25) is 0 Å². The van der Waals surface area contributed by atoms with Crippen LogP contribution in [0.4, 0.5) is 0 Å². The molecule has 1 saturated carbocycles. The van der Waals surface area contributed by atoms with E-state index in [4.69, 9.17) is 0 Å². The van der Waals surface area contributed by atoms with Crippen LogP contribution in [-0.2, 0) is 0 Å². The van der Waals surface area contributed by atoms with E-state index in [0.717, 1.165) is 17.8 Å². The average molecular weight is 240 g/mol. The Hall–Kier alpha value is 0. The molecule has 0 aromatic heterocycles. The minimum atomic E-state index is 0.888. The Kier molecular flexibility index (Phi) is 11.1. The van der Waals surface area contributed by atoms with E-state index < -0.39 is 0 Å².